The number of nitrogens with one attached hydrogen (secondary N) is 1. The zero-order valence-corrected chi connectivity index (χ0v) is 15.6. The van der Waals surface area contributed by atoms with Crippen molar-refractivity contribution in [1.29, 1.82) is 0 Å². The van der Waals surface area contributed by atoms with Crippen LogP contribution in [-0.2, 0) is 4.79 Å². The first-order valence-corrected chi connectivity index (χ1v) is 9.76. The number of rotatable bonds is 7. The maximum Gasteiger partial charge on any atom is 0.238 e. The summed E-state index contributed by atoms with van der Waals surface area (Å²) in [5.74, 6) is 1.86. The lowest BCUT2D eigenvalue weighted by Gasteiger charge is -2.35. The Balaban J connectivity index is 1.50. The van der Waals surface area contributed by atoms with Crippen molar-refractivity contribution in [3.05, 3.63) is 61.3 Å². The third-order valence-electron chi connectivity index (χ3n) is 4.23. The summed E-state index contributed by atoms with van der Waals surface area (Å²) in [6.07, 6.45) is 3.68. The van der Waals surface area contributed by atoms with Crippen molar-refractivity contribution in [3.63, 3.8) is 0 Å². The van der Waals surface area contributed by atoms with E-state index in [1.807, 2.05) is 54.7 Å². The van der Waals surface area contributed by atoms with Gasteiger partial charge in [-0.1, -0.05) is 24.3 Å². The van der Waals surface area contributed by atoms with E-state index in [1.165, 1.54) is 0 Å². The molecule has 0 radical (unpaired) electrons. The molecule has 0 unspecified atom stereocenters. The molecule has 1 amide bonds. The maximum atomic E-state index is 12.5. The van der Waals surface area contributed by atoms with Crippen LogP contribution in [0.3, 0.4) is 0 Å². The number of para-hydroxylation sites is 1. The Kier molecular flexibility index (Phi) is 6.68. The molecule has 26 heavy (non-hydrogen) atoms. The number of hydrogen-bond donors (Lipinski definition) is 1. The highest BCUT2D eigenvalue weighted by atomic mass is 32.2. The first kappa shape index (κ1) is 18.5. The van der Waals surface area contributed by atoms with Crippen LogP contribution in [0.5, 0.6) is 0 Å². The van der Waals surface area contributed by atoms with Crippen LogP contribution in [0.25, 0.3) is 0 Å². The van der Waals surface area contributed by atoms with Gasteiger partial charge >= 0.3 is 0 Å². The number of benzene rings is 1. The van der Waals surface area contributed by atoms with Crippen molar-refractivity contribution < 1.29 is 4.79 Å². The molecule has 1 N–H and O–H groups in total. The monoisotopic (exact) mass is 368 g/mol. The van der Waals surface area contributed by atoms with E-state index in [2.05, 4.69) is 26.7 Å². The lowest BCUT2D eigenvalue weighted by molar-refractivity contribution is -0.117. The van der Waals surface area contributed by atoms with Gasteiger partial charge in [-0.25, -0.2) is 4.98 Å². The molecule has 1 fully saturated rings. The predicted molar refractivity (Wildman–Crippen MR) is 109 cm³/mol. The summed E-state index contributed by atoms with van der Waals surface area (Å²) < 4.78 is 0. The molecule has 1 aliphatic rings. The highest BCUT2D eigenvalue weighted by Gasteiger charge is 2.20. The van der Waals surface area contributed by atoms with Gasteiger partial charge in [-0.05, 0) is 24.3 Å². The average Bonchev–Trinajstić information content (AvgIpc) is 2.68. The number of carbonyl (C=O) groups excluding carboxylic acids is 1. The van der Waals surface area contributed by atoms with Crippen molar-refractivity contribution in [3.8, 4) is 0 Å². The minimum absolute atomic E-state index is 0.0305. The van der Waals surface area contributed by atoms with Crippen LogP contribution in [0, 0.1) is 0 Å². The lowest BCUT2D eigenvalue weighted by Crippen LogP contribution is -2.48. The fourth-order valence-electron chi connectivity index (χ4n) is 2.91. The van der Waals surface area contributed by atoms with Gasteiger partial charge in [0.2, 0.25) is 5.91 Å². The van der Waals surface area contributed by atoms with Gasteiger partial charge < -0.3 is 10.2 Å². The van der Waals surface area contributed by atoms with Crippen molar-refractivity contribution in [2.24, 2.45) is 0 Å². The largest absolute Gasteiger partial charge is 0.354 e. The third-order valence-corrected chi connectivity index (χ3v) is 5.30. The molecule has 1 aliphatic heterocycles. The Bertz CT molecular complexity index is 730. The molecule has 5 nitrogen and oxygen atoms in total. The van der Waals surface area contributed by atoms with Crippen LogP contribution in [-0.4, -0.2) is 54.3 Å². The quantitative estimate of drug-likeness (QED) is 0.601. The van der Waals surface area contributed by atoms with Gasteiger partial charge in [-0.15, -0.1) is 18.3 Å². The van der Waals surface area contributed by atoms with Gasteiger partial charge in [0.15, 0.2) is 0 Å². The molecule has 0 saturated carbocycles. The van der Waals surface area contributed by atoms with Gasteiger partial charge in [0, 0.05) is 43.0 Å². The van der Waals surface area contributed by atoms with Crippen LogP contribution in [0.15, 0.2) is 66.2 Å². The standard InChI is InChI=1S/C20H24N4OS/c1-2-15-26-18-8-4-3-7-17(18)22-20(25)16-23-11-13-24(14-12-23)19-9-5-6-10-21-19/h2-10H,1,11-16H2,(H,22,25). The van der Waals surface area contributed by atoms with Gasteiger partial charge in [-0.2, -0.15) is 0 Å². The molecular formula is C20H24N4OS. The fourth-order valence-corrected chi connectivity index (χ4v) is 3.66. The zero-order chi connectivity index (χ0) is 18.2. The molecule has 0 spiro atoms. The summed E-state index contributed by atoms with van der Waals surface area (Å²) in [6.45, 7) is 7.65. The number of nitrogens with zero attached hydrogens (tertiary/aromatic N) is 3. The van der Waals surface area contributed by atoms with Gasteiger partial charge in [0.1, 0.15) is 5.82 Å². The summed E-state index contributed by atoms with van der Waals surface area (Å²) in [6, 6.07) is 13.9. The van der Waals surface area contributed by atoms with Crippen LogP contribution in [0.2, 0.25) is 0 Å². The third kappa shape index (κ3) is 5.09. The molecule has 1 aromatic heterocycles. The Labute approximate surface area is 159 Å². The minimum atomic E-state index is 0.0305. The van der Waals surface area contributed by atoms with E-state index in [4.69, 9.17) is 0 Å². The Morgan fingerprint density at radius 1 is 1.15 bits per heavy atom. The molecular weight excluding hydrogens is 344 g/mol. The SMILES string of the molecule is C=CCSc1ccccc1NC(=O)CN1CCN(c2ccccn2)CC1. The van der Waals surface area contributed by atoms with Gasteiger partial charge in [-0.3, -0.25) is 9.69 Å². The van der Waals surface area contributed by atoms with Crippen molar-refractivity contribution >= 4 is 29.2 Å². The number of amides is 1. The van der Waals surface area contributed by atoms with Crippen LogP contribution in [0.1, 0.15) is 0 Å². The number of piperazine rings is 1. The fraction of sp³-hybridized carbons (Fsp3) is 0.300. The summed E-state index contributed by atoms with van der Waals surface area (Å²) >= 11 is 1.67. The minimum Gasteiger partial charge on any atom is -0.354 e. The van der Waals surface area contributed by atoms with Crippen LogP contribution in [0.4, 0.5) is 11.5 Å². The second kappa shape index (κ2) is 9.40. The molecule has 3 rings (SSSR count). The molecule has 1 saturated heterocycles. The molecule has 2 aromatic rings. The zero-order valence-electron chi connectivity index (χ0n) is 14.8. The van der Waals surface area contributed by atoms with Crippen molar-refractivity contribution in [2.45, 2.75) is 4.90 Å². The first-order valence-electron chi connectivity index (χ1n) is 8.77. The van der Waals surface area contributed by atoms with Crippen LogP contribution >= 0.6 is 11.8 Å². The second-order valence-corrected chi connectivity index (χ2v) is 7.16. The van der Waals surface area contributed by atoms with E-state index in [9.17, 15) is 4.79 Å². The highest BCUT2D eigenvalue weighted by molar-refractivity contribution is 7.99. The number of anilines is 2. The molecule has 0 atom stereocenters. The van der Waals surface area contributed by atoms with Crippen molar-refractivity contribution in [2.75, 3.05) is 48.7 Å². The van der Waals surface area contributed by atoms with Crippen molar-refractivity contribution in [1.82, 2.24) is 9.88 Å². The van der Waals surface area contributed by atoms with E-state index in [-0.39, 0.29) is 5.91 Å². The van der Waals surface area contributed by atoms with E-state index < -0.39 is 0 Å². The summed E-state index contributed by atoms with van der Waals surface area (Å²) in [5.41, 5.74) is 0.872. The van der Waals surface area contributed by atoms with Crippen LogP contribution < -0.4 is 10.2 Å². The number of carbonyl (C=O) groups is 1. The Hall–Kier alpha value is -2.31. The number of aromatic nitrogens is 1. The Morgan fingerprint density at radius 2 is 1.92 bits per heavy atom. The lowest BCUT2D eigenvalue weighted by atomic mass is 10.3. The molecule has 136 valence electrons. The molecule has 6 heteroatoms. The molecule has 1 aromatic carbocycles. The topological polar surface area (TPSA) is 48.5 Å². The smallest absolute Gasteiger partial charge is 0.238 e. The summed E-state index contributed by atoms with van der Waals surface area (Å²) in [5, 5.41) is 3.05. The normalized spacial score (nSPS) is 14.8. The Morgan fingerprint density at radius 3 is 2.65 bits per heavy atom. The van der Waals surface area contributed by atoms with Gasteiger partial charge in [0.05, 0.1) is 12.2 Å². The summed E-state index contributed by atoms with van der Waals surface area (Å²) in [7, 11) is 0. The van der Waals surface area contributed by atoms with E-state index >= 15 is 0 Å². The number of pyridine rings is 1. The molecule has 0 bridgehead atoms. The predicted octanol–water partition coefficient (Wildman–Crippen LogP) is 3.12. The maximum absolute atomic E-state index is 12.5. The molecule has 0 aliphatic carbocycles. The number of hydrogen-bond acceptors (Lipinski definition) is 5. The van der Waals surface area contributed by atoms with Gasteiger partial charge in [0.25, 0.3) is 0 Å². The summed E-state index contributed by atoms with van der Waals surface area (Å²) in [4.78, 5) is 22.4. The number of thioether (sulfide) groups is 1. The highest BCUT2D eigenvalue weighted by Crippen LogP contribution is 2.26. The average molecular weight is 369 g/mol. The van der Waals surface area contributed by atoms with E-state index in [0.29, 0.717) is 6.54 Å². The first-order chi connectivity index (χ1) is 12.8. The van der Waals surface area contributed by atoms with E-state index in [1.54, 1.807) is 11.8 Å². The molecule has 2 heterocycles. The van der Waals surface area contributed by atoms with E-state index in [0.717, 1.165) is 48.3 Å². The second-order valence-electron chi connectivity index (χ2n) is 6.10.